The van der Waals surface area contributed by atoms with Gasteiger partial charge in [-0.25, -0.2) is 4.98 Å². The fourth-order valence-corrected chi connectivity index (χ4v) is 2.37. The maximum atomic E-state index is 5.65. The van der Waals surface area contributed by atoms with Gasteiger partial charge in [-0.3, -0.25) is 4.90 Å². The number of rotatable bonds is 5. The summed E-state index contributed by atoms with van der Waals surface area (Å²) < 4.78 is 7.76. The van der Waals surface area contributed by atoms with E-state index >= 15 is 0 Å². The molecule has 1 unspecified atom stereocenters. The Bertz CT molecular complexity index is 364. The third kappa shape index (κ3) is 3.31. The maximum Gasteiger partial charge on any atom is 0.127 e. The molecule has 1 atom stereocenters. The summed E-state index contributed by atoms with van der Waals surface area (Å²) in [6.45, 7) is 8.98. The lowest BCUT2D eigenvalue weighted by molar-refractivity contribution is 0.0412. The SMILES string of the molecule is CC(C)OCCN1CCNCC1c1nccn1C. The lowest BCUT2D eigenvalue weighted by Crippen LogP contribution is -2.48. The molecular weight excluding hydrogens is 228 g/mol. The van der Waals surface area contributed by atoms with E-state index in [0.29, 0.717) is 12.1 Å². The molecule has 1 N–H and O–H groups in total. The molecule has 0 radical (unpaired) electrons. The van der Waals surface area contributed by atoms with Gasteiger partial charge in [-0.2, -0.15) is 0 Å². The van der Waals surface area contributed by atoms with E-state index in [-0.39, 0.29) is 0 Å². The third-order valence-electron chi connectivity index (χ3n) is 3.34. The Kier molecular flexibility index (Phi) is 4.74. The van der Waals surface area contributed by atoms with Crippen LogP contribution >= 0.6 is 0 Å². The van der Waals surface area contributed by atoms with Crippen LogP contribution in [0.3, 0.4) is 0 Å². The van der Waals surface area contributed by atoms with Crippen molar-refractivity contribution >= 4 is 0 Å². The Morgan fingerprint density at radius 1 is 1.56 bits per heavy atom. The van der Waals surface area contributed by atoms with Gasteiger partial charge in [0.2, 0.25) is 0 Å². The van der Waals surface area contributed by atoms with Crippen LogP contribution in [0.15, 0.2) is 12.4 Å². The number of aryl methyl sites for hydroxylation is 1. The molecule has 2 heterocycles. The summed E-state index contributed by atoms with van der Waals surface area (Å²) in [5.74, 6) is 1.13. The zero-order chi connectivity index (χ0) is 13.0. The van der Waals surface area contributed by atoms with E-state index in [0.717, 1.165) is 38.6 Å². The summed E-state index contributed by atoms with van der Waals surface area (Å²) in [7, 11) is 2.06. The highest BCUT2D eigenvalue weighted by Crippen LogP contribution is 2.19. The summed E-state index contributed by atoms with van der Waals surface area (Å²) in [6.07, 6.45) is 4.18. The van der Waals surface area contributed by atoms with Gasteiger partial charge in [0.15, 0.2) is 0 Å². The van der Waals surface area contributed by atoms with Crippen LogP contribution in [0.25, 0.3) is 0 Å². The molecule has 0 bridgehead atoms. The summed E-state index contributed by atoms with van der Waals surface area (Å²) in [4.78, 5) is 6.93. The van der Waals surface area contributed by atoms with E-state index in [1.165, 1.54) is 0 Å². The van der Waals surface area contributed by atoms with Gasteiger partial charge in [-0.15, -0.1) is 0 Å². The molecule has 1 aromatic rings. The number of nitrogens with one attached hydrogen (secondary N) is 1. The molecule has 0 spiro atoms. The van der Waals surface area contributed by atoms with E-state index in [1.807, 2.05) is 12.4 Å². The molecule has 2 rings (SSSR count). The summed E-state index contributed by atoms with van der Waals surface area (Å²) in [6, 6.07) is 0.356. The van der Waals surface area contributed by atoms with Crippen molar-refractivity contribution in [3.8, 4) is 0 Å². The van der Waals surface area contributed by atoms with Crippen molar-refractivity contribution in [1.29, 1.82) is 0 Å². The number of imidazole rings is 1. The van der Waals surface area contributed by atoms with Gasteiger partial charge in [-0.05, 0) is 13.8 Å². The van der Waals surface area contributed by atoms with Crippen molar-refractivity contribution in [2.24, 2.45) is 7.05 Å². The molecule has 1 aliphatic heterocycles. The van der Waals surface area contributed by atoms with Crippen LogP contribution < -0.4 is 5.32 Å². The second-order valence-corrected chi connectivity index (χ2v) is 5.07. The van der Waals surface area contributed by atoms with Crippen LogP contribution in [0.5, 0.6) is 0 Å². The summed E-state index contributed by atoms with van der Waals surface area (Å²) >= 11 is 0. The van der Waals surface area contributed by atoms with Gasteiger partial charge in [0.1, 0.15) is 5.82 Å². The van der Waals surface area contributed by atoms with Crippen molar-refractivity contribution in [2.75, 3.05) is 32.8 Å². The Balaban J connectivity index is 1.96. The summed E-state index contributed by atoms with van der Waals surface area (Å²) in [5, 5.41) is 3.44. The Hall–Kier alpha value is -0.910. The van der Waals surface area contributed by atoms with Crippen molar-refractivity contribution in [2.45, 2.75) is 26.0 Å². The standard InChI is InChI=1S/C13H24N4O/c1-11(2)18-9-8-17-7-4-14-10-12(17)13-15-5-6-16(13)3/h5-6,11-12,14H,4,7-10H2,1-3H3. The first-order valence-electron chi connectivity index (χ1n) is 6.72. The van der Waals surface area contributed by atoms with Crippen LogP contribution in [0, 0.1) is 0 Å². The predicted octanol–water partition coefficient (Wildman–Crippen LogP) is 0.791. The van der Waals surface area contributed by atoms with Gasteiger partial charge in [0.05, 0.1) is 18.8 Å². The average Bonchev–Trinajstić information content (AvgIpc) is 2.76. The van der Waals surface area contributed by atoms with Crippen LogP contribution in [-0.2, 0) is 11.8 Å². The third-order valence-corrected chi connectivity index (χ3v) is 3.34. The molecule has 0 saturated carbocycles. The fourth-order valence-electron chi connectivity index (χ4n) is 2.37. The molecule has 5 heteroatoms. The van der Waals surface area contributed by atoms with Gasteiger partial charge >= 0.3 is 0 Å². The van der Waals surface area contributed by atoms with Gasteiger partial charge in [-0.1, -0.05) is 0 Å². The van der Waals surface area contributed by atoms with Gasteiger partial charge < -0.3 is 14.6 Å². The van der Waals surface area contributed by atoms with E-state index in [2.05, 4.69) is 40.7 Å². The number of ether oxygens (including phenoxy) is 1. The van der Waals surface area contributed by atoms with E-state index in [9.17, 15) is 0 Å². The minimum absolute atomic E-state index is 0.305. The van der Waals surface area contributed by atoms with Crippen LogP contribution in [-0.4, -0.2) is 53.3 Å². The predicted molar refractivity (Wildman–Crippen MR) is 71.5 cm³/mol. The van der Waals surface area contributed by atoms with E-state index in [4.69, 9.17) is 4.74 Å². The Labute approximate surface area is 109 Å². The van der Waals surface area contributed by atoms with E-state index in [1.54, 1.807) is 0 Å². The highest BCUT2D eigenvalue weighted by molar-refractivity contribution is 5.02. The molecule has 1 saturated heterocycles. The molecule has 1 aliphatic rings. The smallest absolute Gasteiger partial charge is 0.127 e. The second-order valence-electron chi connectivity index (χ2n) is 5.07. The first-order chi connectivity index (χ1) is 8.68. The number of aromatic nitrogens is 2. The molecule has 1 fully saturated rings. The summed E-state index contributed by atoms with van der Waals surface area (Å²) in [5.41, 5.74) is 0. The minimum Gasteiger partial charge on any atom is -0.377 e. The minimum atomic E-state index is 0.305. The van der Waals surface area contributed by atoms with Crippen molar-refractivity contribution in [1.82, 2.24) is 19.8 Å². The van der Waals surface area contributed by atoms with Gasteiger partial charge in [0, 0.05) is 45.6 Å². The number of hydrogen-bond donors (Lipinski definition) is 1. The van der Waals surface area contributed by atoms with Gasteiger partial charge in [0.25, 0.3) is 0 Å². The lowest BCUT2D eigenvalue weighted by Gasteiger charge is -2.35. The topological polar surface area (TPSA) is 42.3 Å². The van der Waals surface area contributed by atoms with Crippen LogP contribution in [0.4, 0.5) is 0 Å². The highest BCUT2D eigenvalue weighted by Gasteiger charge is 2.26. The molecule has 0 amide bonds. The molecule has 1 aromatic heterocycles. The molecule has 5 nitrogen and oxygen atoms in total. The molecule has 0 aliphatic carbocycles. The molecule has 102 valence electrons. The lowest BCUT2D eigenvalue weighted by atomic mass is 10.2. The van der Waals surface area contributed by atoms with Crippen molar-refractivity contribution in [3.63, 3.8) is 0 Å². The zero-order valence-electron chi connectivity index (χ0n) is 11.6. The number of nitrogens with zero attached hydrogens (tertiary/aromatic N) is 3. The second kappa shape index (κ2) is 6.31. The first-order valence-corrected chi connectivity index (χ1v) is 6.72. The monoisotopic (exact) mass is 252 g/mol. The Morgan fingerprint density at radius 2 is 2.39 bits per heavy atom. The number of piperazine rings is 1. The normalized spacial score (nSPS) is 21.7. The maximum absolute atomic E-state index is 5.65. The van der Waals surface area contributed by atoms with Crippen LogP contribution in [0.2, 0.25) is 0 Å². The van der Waals surface area contributed by atoms with Crippen molar-refractivity contribution < 1.29 is 4.74 Å². The fraction of sp³-hybridized carbons (Fsp3) is 0.769. The quantitative estimate of drug-likeness (QED) is 0.841. The number of hydrogen-bond acceptors (Lipinski definition) is 4. The van der Waals surface area contributed by atoms with E-state index < -0.39 is 0 Å². The van der Waals surface area contributed by atoms with Crippen molar-refractivity contribution in [3.05, 3.63) is 18.2 Å². The molecular formula is C13H24N4O. The Morgan fingerprint density at radius 3 is 3.06 bits per heavy atom. The average molecular weight is 252 g/mol. The molecule has 0 aromatic carbocycles. The molecule has 18 heavy (non-hydrogen) atoms. The highest BCUT2D eigenvalue weighted by atomic mass is 16.5. The zero-order valence-corrected chi connectivity index (χ0v) is 11.6. The van der Waals surface area contributed by atoms with Crippen LogP contribution in [0.1, 0.15) is 25.7 Å². The first kappa shape index (κ1) is 13.5. The largest absolute Gasteiger partial charge is 0.377 e.